The number of aryl methyl sites for hydroxylation is 1. The van der Waals surface area contributed by atoms with Crippen LogP contribution in [0.15, 0.2) is 42.7 Å². The lowest BCUT2D eigenvalue weighted by molar-refractivity contribution is -0.201. The highest BCUT2D eigenvalue weighted by atomic mass is 19.4. The standard InChI is InChI=1S/C27H28F4N2O2/c1-26-9-8-20-19-4-3-16(25(35)33-14-24(34)27(29,30)31)10-15(19)2-5-21(20)23(26)7-6-22(26)17-11-18(28)13-32-12-17/h3-4,6,10-13,20-21,23-24,34H,2,5,7-9,14H2,1H3,(H,33,35). The molecule has 2 N–H and O–H groups in total. The lowest BCUT2D eigenvalue weighted by Gasteiger charge is -2.50. The van der Waals surface area contributed by atoms with Crippen molar-refractivity contribution in [3.63, 3.8) is 0 Å². The number of pyridine rings is 1. The zero-order chi connectivity index (χ0) is 25.0. The highest BCUT2D eigenvalue weighted by Crippen LogP contribution is 2.63. The van der Waals surface area contributed by atoms with Crippen LogP contribution in [0.4, 0.5) is 17.6 Å². The van der Waals surface area contributed by atoms with Gasteiger partial charge in [-0.25, -0.2) is 4.39 Å². The quantitative estimate of drug-likeness (QED) is 0.565. The van der Waals surface area contributed by atoms with Crippen molar-refractivity contribution >= 4 is 11.5 Å². The molecule has 0 spiro atoms. The van der Waals surface area contributed by atoms with Gasteiger partial charge in [-0.3, -0.25) is 9.78 Å². The van der Waals surface area contributed by atoms with Gasteiger partial charge in [0.05, 0.1) is 12.7 Å². The molecule has 4 nitrogen and oxygen atoms in total. The van der Waals surface area contributed by atoms with Crippen LogP contribution in [0.25, 0.3) is 5.57 Å². The number of benzene rings is 1. The van der Waals surface area contributed by atoms with Crippen molar-refractivity contribution in [1.29, 1.82) is 0 Å². The van der Waals surface area contributed by atoms with Crippen LogP contribution < -0.4 is 5.32 Å². The summed E-state index contributed by atoms with van der Waals surface area (Å²) in [5, 5.41) is 11.3. The van der Waals surface area contributed by atoms with Gasteiger partial charge in [0.2, 0.25) is 0 Å². The van der Waals surface area contributed by atoms with E-state index in [9.17, 15) is 22.4 Å². The van der Waals surface area contributed by atoms with Gasteiger partial charge in [0.15, 0.2) is 6.10 Å². The summed E-state index contributed by atoms with van der Waals surface area (Å²) >= 11 is 0. The van der Waals surface area contributed by atoms with Gasteiger partial charge in [0.1, 0.15) is 5.82 Å². The molecule has 35 heavy (non-hydrogen) atoms. The van der Waals surface area contributed by atoms with Crippen molar-refractivity contribution in [3.8, 4) is 0 Å². The maximum absolute atomic E-state index is 13.9. The molecule has 8 heteroatoms. The van der Waals surface area contributed by atoms with Crippen LogP contribution in [0.1, 0.15) is 65.6 Å². The highest BCUT2D eigenvalue weighted by Gasteiger charge is 2.52. The maximum atomic E-state index is 13.9. The minimum atomic E-state index is -4.77. The summed E-state index contributed by atoms with van der Waals surface area (Å²) < 4.78 is 51.4. The fraction of sp³-hybridized carbons (Fsp3) is 0.481. The molecule has 0 radical (unpaired) electrons. The number of amides is 1. The molecule has 1 heterocycles. The molecule has 0 saturated heterocycles. The third-order valence-corrected chi connectivity index (χ3v) is 8.42. The Morgan fingerprint density at radius 2 is 2.06 bits per heavy atom. The number of halogens is 4. The van der Waals surface area contributed by atoms with Crippen molar-refractivity contribution < 1.29 is 27.5 Å². The molecule has 3 aliphatic rings. The summed E-state index contributed by atoms with van der Waals surface area (Å²) in [6.45, 7) is 1.41. The fourth-order valence-corrected chi connectivity index (χ4v) is 6.70. The number of fused-ring (bicyclic) bond motifs is 5. The normalized spacial score (nSPS) is 28.4. The van der Waals surface area contributed by atoms with Crippen LogP contribution in [-0.2, 0) is 6.42 Å². The van der Waals surface area contributed by atoms with E-state index in [0.29, 0.717) is 23.3 Å². The molecule has 1 amide bonds. The molecule has 1 fully saturated rings. The summed E-state index contributed by atoms with van der Waals surface area (Å²) in [5.74, 6) is 0.322. The molecule has 0 bridgehead atoms. The van der Waals surface area contributed by atoms with E-state index < -0.39 is 24.7 Å². The zero-order valence-electron chi connectivity index (χ0n) is 19.4. The smallest absolute Gasteiger partial charge is 0.382 e. The summed E-state index contributed by atoms with van der Waals surface area (Å²) in [4.78, 5) is 16.5. The topological polar surface area (TPSA) is 62.2 Å². The molecule has 2 aromatic rings. The zero-order valence-corrected chi connectivity index (χ0v) is 19.4. The molecule has 1 aromatic heterocycles. The molecule has 1 saturated carbocycles. The van der Waals surface area contributed by atoms with Crippen LogP contribution in [0.3, 0.4) is 0 Å². The van der Waals surface area contributed by atoms with Crippen LogP contribution in [0.5, 0.6) is 0 Å². The van der Waals surface area contributed by atoms with E-state index in [1.54, 1.807) is 24.4 Å². The van der Waals surface area contributed by atoms with E-state index in [2.05, 4.69) is 23.3 Å². The van der Waals surface area contributed by atoms with Crippen molar-refractivity contribution in [1.82, 2.24) is 10.3 Å². The second-order valence-corrected chi connectivity index (χ2v) is 10.3. The van der Waals surface area contributed by atoms with E-state index in [0.717, 1.165) is 43.2 Å². The lowest BCUT2D eigenvalue weighted by Crippen LogP contribution is -2.41. The summed E-state index contributed by atoms with van der Waals surface area (Å²) in [6, 6.07) is 6.96. The van der Waals surface area contributed by atoms with Gasteiger partial charge in [-0.15, -0.1) is 0 Å². The number of allylic oxidation sites excluding steroid dienone is 2. The minimum Gasteiger partial charge on any atom is -0.382 e. The Kier molecular flexibility index (Phi) is 5.98. The van der Waals surface area contributed by atoms with E-state index in [1.807, 2.05) is 6.07 Å². The first-order valence-corrected chi connectivity index (χ1v) is 12.1. The Hall–Kier alpha value is -2.74. The van der Waals surface area contributed by atoms with Crippen molar-refractivity contribution in [2.45, 2.75) is 57.2 Å². The van der Waals surface area contributed by atoms with Gasteiger partial charge < -0.3 is 10.4 Å². The number of aromatic nitrogens is 1. The molecular formula is C27H28F4N2O2. The molecule has 186 valence electrons. The first-order valence-electron chi connectivity index (χ1n) is 12.1. The molecular weight excluding hydrogens is 460 g/mol. The van der Waals surface area contributed by atoms with Gasteiger partial charge in [-0.05, 0) is 95.7 Å². The first kappa shape index (κ1) is 24.0. The van der Waals surface area contributed by atoms with Crippen LogP contribution in [0.2, 0.25) is 0 Å². The van der Waals surface area contributed by atoms with E-state index in [1.165, 1.54) is 17.3 Å². The summed E-state index contributed by atoms with van der Waals surface area (Å²) in [7, 11) is 0. The number of aliphatic hydroxyl groups excluding tert-OH is 1. The van der Waals surface area contributed by atoms with E-state index in [-0.39, 0.29) is 11.2 Å². The predicted octanol–water partition coefficient (Wildman–Crippen LogP) is 5.42. The Morgan fingerprint density at radius 3 is 2.80 bits per heavy atom. The lowest BCUT2D eigenvalue weighted by atomic mass is 9.54. The second-order valence-electron chi connectivity index (χ2n) is 10.3. The Morgan fingerprint density at radius 1 is 1.26 bits per heavy atom. The Balaban J connectivity index is 1.32. The number of carbonyl (C=O) groups excluding carboxylic acids is 1. The number of nitrogens with one attached hydrogen (secondary N) is 1. The highest BCUT2D eigenvalue weighted by molar-refractivity contribution is 5.94. The number of rotatable bonds is 4. The molecule has 0 aliphatic heterocycles. The molecule has 5 rings (SSSR count). The minimum absolute atomic E-state index is 0.0344. The monoisotopic (exact) mass is 488 g/mol. The molecule has 5 unspecified atom stereocenters. The van der Waals surface area contributed by atoms with E-state index >= 15 is 0 Å². The van der Waals surface area contributed by atoms with Crippen molar-refractivity contribution in [2.24, 2.45) is 17.3 Å². The summed E-state index contributed by atoms with van der Waals surface area (Å²) in [6.07, 6.45) is 2.52. The SMILES string of the molecule is CC12CCC3c4ccc(C(=O)NCC(O)C(F)(F)F)cc4CCC3C1CC=C2c1cncc(F)c1. The number of alkyl halides is 3. The number of nitrogens with zero attached hydrogens (tertiary/aromatic N) is 1. The number of carbonyl (C=O) groups is 1. The Bertz CT molecular complexity index is 1180. The van der Waals surface area contributed by atoms with E-state index in [4.69, 9.17) is 5.11 Å². The molecule has 5 atom stereocenters. The third kappa shape index (κ3) is 4.26. The van der Waals surface area contributed by atoms with Gasteiger partial charge in [0.25, 0.3) is 5.91 Å². The third-order valence-electron chi connectivity index (χ3n) is 8.42. The van der Waals surface area contributed by atoms with Crippen LogP contribution in [0, 0.1) is 23.1 Å². The largest absolute Gasteiger partial charge is 0.416 e. The van der Waals surface area contributed by atoms with Crippen LogP contribution in [-0.4, -0.2) is 34.8 Å². The van der Waals surface area contributed by atoms with Gasteiger partial charge in [-0.1, -0.05) is 19.1 Å². The van der Waals surface area contributed by atoms with Crippen LogP contribution >= 0.6 is 0 Å². The number of hydrogen-bond donors (Lipinski definition) is 2. The van der Waals surface area contributed by atoms with Gasteiger partial charge in [-0.2, -0.15) is 13.2 Å². The van der Waals surface area contributed by atoms with Crippen molar-refractivity contribution in [2.75, 3.05) is 6.54 Å². The number of aliphatic hydroxyl groups is 1. The van der Waals surface area contributed by atoms with Gasteiger partial charge >= 0.3 is 6.18 Å². The first-order chi connectivity index (χ1) is 16.6. The summed E-state index contributed by atoms with van der Waals surface area (Å²) in [5.41, 5.74) is 4.60. The molecule has 1 aromatic carbocycles. The van der Waals surface area contributed by atoms with Crippen molar-refractivity contribution in [3.05, 3.63) is 70.8 Å². The predicted molar refractivity (Wildman–Crippen MR) is 123 cm³/mol. The average molecular weight is 489 g/mol. The average Bonchev–Trinajstić information content (AvgIpc) is 3.18. The number of hydrogen-bond acceptors (Lipinski definition) is 3. The Labute approximate surface area is 201 Å². The maximum Gasteiger partial charge on any atom is 0.416 e. The molecule has 3 aliphatic carbocycles. The fourth-order valence-electron chi connectivity index (χ4n) is 6.70. The van der Waals surface area contributed by atoms with Gasteiger partial charge in [0, 0.05) is 11.8 Å². The second kappa shape index (κ2) is 8.73.